The Labute approximate surface area is 128 Å². The molecule has 1 heterocycles. The first-order chi connectivity index (χ1) is 9.85. The summed E-state index contributed by atoms with van der Waals surface area (Å²) in [4.78, 5) is 31.3. The number of carbonyl (C=O) groups is 2. The monoisotopic (exact) mass is 313 g/mol. The summed E-state index contributed by atoms with van der Waals surface area (Å²) in [5.74, 6) is -0.830. The molecule has 0 bridgehead atoms. The van der Waals surface area contributed by atoms with Gasteiger partial charge in [0.1, 0.15) is 11.5 Å². The Hall–Kier alpha value is -1.69. The maximum absolute atomic E-state index is 12.2. The second kappa shape index (κ2) is 7.93. The van der Waals surface area contributed by atoms with E-state index >= 15 is 0 Å². The summed E-state index contributed by atoms with van der Waals surface area (Å²) in [6.07, 6.45) is 2.62. The van der Waals surface area contributed by atoms with Crippen molar-refractivity contribution in [2.45, 2.75) is 52.0 Å². The number of carboxylic acid groups (broad SMARTS) is 1. The van der Waals surface area contributed by atoms with Crippen molar-refractivity contribution in [1.29, 1.82) is 0 Å². The van der Waals surface area contributed by atoms with Crippen molar-refractivity contribution in [2.24, 2.45) is 0 Å². The molecule has 7 heteroatoms. The van der Waals surface area contributed by atoms with E-state index in [0.717, 1.165) is 6.42 Å². The maximum atomic E-state index is 12.2. The summed E-state index contributed by atoms with van der Waals surface area (Å²) in [6, 6.07) is -0.437. The van der Waals surface area contributed by atoms with E-state index in [1.165, 1.54) is 6.20 Å². The molecule has 1 aromatic rings. The van der Waals surface area contributed by atoms with Crippen LogP contribution in [0.15, 0.2) is 6.20 Å². The maximum Gasteiger partial charge on any atom is 0.305 e. The first-order valence-electron chi connectivity index (χ1n) is 6.90. The molecule has 0 fully saturated rings. The fourth-order valence-corrected chi connectivity index (χ4v) is 2.03. The van der Waals surface area contributed by atoms with Gasteiger partial charge in [0, 0.05) is 12.0 Å². The number of halogens is 1. The van der Waals surface area contributed by atoms with E-state index in [0.29, 0.717) is 12.2 Å². The normalized spacial score (nSPS) is 12.2. The van der Waals surface area contributed by atoms with Crippen LogP contribution in [0.25, 0.3) is 0 Å². The van der Waals surface area contributed by atoms with Crippen LogP contribution in [-0.4, -0.2) is 33.0 Å². The highest BCUT2D eigenvalue weighted by molar-refractivity contribution is 6.33. The molecule has 0 saturated heterocycles. The third-order valence-electron chi connectivity index (χ3n) is 2.89. The predicted molar refractivity (Wildman–Crippen MR) is 79.5 cm³/mol. The molecule has 1 unspecified atom stereocenters. The highest BCUT2D eigenvalue weighted by atomic mass is 35.5. The Bertz CT molecular complexity index is 520. The van der Waals surface area contributed by atoms with Crippen molar-refractivity contribution >= 4 is 23.5 Å². The van der Waals surface area contributed by atoms with Gasteiger partial charge in [0.25, 0.3) is 5.91 Å². The fourth-order valence-electron chi connectivity index (χ4n) is 1.86. The molecule has 2 N–H and O–H groups in total. The molecule has 116 valence electrons. The average Bonchev–Trinajstić information content (AvgIpc) is 2.38. The fraction of sp³-hybridized carbons (Fsp3) is 0.571. The van der Waals surface area contributed by atoms with Crippen molar-refractivity contribution < 1.29 is 14.7 Å². The molecular formula is C14H20ClN3O3. The summed E-state index contributed by atoms with van der Waals surface area (Å²) in [5, 5.41) is 11.7. The standard InChI is InChI=1S/C14H20ClN3O3/c1-4-5-9(6-11(19)20)17-14(21)12-10(15)7-16-13(18-12)8(2)3/h7-9H,4-6H2,1-3H3,(H,17,21)(H,19,20). The molecule has 0 saturated carbocycles. The first kappa shape index (κ1) is 17.4. The van der Waals surface area contributed by atoms with Gasteiger partial charge in [-0.3, -0.25) is 9.59 Å². The number of aliphatic carboxylic acids is 1. The minimum absolute atomic E-state index is 0.0688. The van der Waals surface area contributed by atoms with Gasteiger partial charge in [0.05, 0.1) is 17.6 Å². The van der Waals surface area contributed by atoms with E-state index in [2.05, 4.69) is 15.3 Å². The van der Waals surface area contributed by atoms with E-state index in [1.54, 1.807) is 0 Å². The van der Waals surface area contributed by atoms with Crippen molar-refractivity contribution in [3.63, 3.8) is 0 Å². The SMILES string of the molecule is CCCC(CC(=O)O)NC(=O)c1nc(C(C)C)ncc1Cl. The smallest absolute Gasteiger partial charge is 0.305 e. The molecule has 1 amide bonds. The first-order valence-corrected chi connectivity index (χ1v) is 7.28. The van der Waals surface area contributed by atoms with Crippen LogP contribution >= 0.6 is 11.6 Å². The molecule has 1 atom stereocenters. The zero-order valence-corrected chi connectivity index (χ0v) is 13.1. The third kappa shape index (κ3) is 5.30. The largest absolute Gasteiger partial charge is 0.481 e. The van der Waals surface area contributed by atoms with E-state index in [9.17, 15) is 9.59 Å². The second-order valence-electron chi connectivity index (χ2n) is 5.14. The zero-order chi connectivity index (χ0) is 16.0. The molecule has 0 aliphatic rings. The van der Waals surface area contributed by atoms with E-state index in [-0.39, 0.29) is 23.1 Å². The number of rotatable bonds is 7. The molecule has 1 rings (SSSR count). The molecule has 6 nitrogen and oxygen atoms in total. The molecule has 0 radical (unpaired) electrons. The number of nitrogens with one attached hydrogen (secondary N) is 1. The van der Waals surface area contributed by atoms with Gasteiger partial charge in [-0.2, -0.15) is 0 Å². The van der Waals surface area contributed by atoms with Crippen molar-refractivity contribution in [2.75, 3.05) is 0 Å². The van der Waals surface area contributed by atoms with E-state index in [1.807, 2.05) is 20.8 Å². The van der Waals surface area contributed by atoms with Crippen molar-refractivity contribution in [3.8, 4) is 0 Å². The van der Waals surface area contributed by atoms with Gasteiger partial charge < -0.3 is 10.4 Å². The number of carboxylic acids is 1. The van der Waals surface area contributed by atoms with Crippen LogP contribution in [0.4, 0.5) is 0 Å². The number of hydrogen-bond donors (Lipinski definition) is 2. The van der Waals surface area contributed by atoms with Gasteiger partial charge in [0.15, 0.2) is 0 Å². The number of amides is 1. The average molecular weight is 314 g/mol. The quantitative estimate of drug-likeness (QED) is 0.807. The van der Waals surface area contributed by atoms with Crippen LogP contribution in [0, 0.1) is 0 Å². The Morgan fingerprint density at radius 2 is 2.10 bits per heavy atom. The van der Waals surface area contributed by atoms with Gasteiger partial charge in [-0.15, -0.1) is 0 Å². The molecule has 21 heavy (non-hydrogen) atoms. The Morgan fingerprint density at radius 1 is 1.43 bits per heavy atom. The van der Waals surface area contributed by atoms with Crippen LogP contribution in [0.1, 0.15) is 62.3 Å². The highest BCUT2D eigenvalue weighted by Crippen LogP contribution is 2.16. The molecule has 0 aliphatic carbocycles. The summed E-state index contributed by atoms with van der Waals surface area (Å²) in [6.45, 7) is 5.75. The third-order valence-corrected chi connectivity index (χ3v) is 3.16. The van der Waals surface area contributed by atoms with Gasteiger partial charge in [0.2, 0.25) is 0 Å². The van der Waals surface area contributed by atoms with Crippen LogP contribution in [0.5, 0.6) is 0 Å². The minimum Gasteiger partial charge on any atom is -0.481 e. The lowest BCUT2D eigenvalue weighted by atomic mass is 10.1. The Balaban J connectivity index is 2.91. The van der Waals surface area contributed by atoms with Gasteiger partial charge in [-0.05, 0) is 6.42 Å². The van der Waals surface area contributed by atoms with Gasteiger partial charge >= 0.3 is 5.97 Å². The van der Waals surface area contributed by atoms with Crippen LogP contribution in [-0.2, 0) is 4.79 Å². The number of nitrogens with zero attached hydrogens (tertiary/aromatic N) is 2. The van der Waals surface area contributed by atoms with Crippen LogP contribution in [0.2, 0.25) is 5.02 Å². The zero-order valence-electron chi connectivity index (χ0n) is 12.4. The van der Waals surface area contributed by atoms with E-state index in [4.69, 9.17) is 16.7 Å². The topological polar surface area (TPSA) is 92.2 Å². The highest BCUT2D eigenvalue weighted by Gasteiger charge is 2.20. The summed E-state index contributed by atoms with van der Waals surface area (Å²) >= 11 is 5.96. The lowest BCUT2D eigenvalue weighted by Gasteiger charge is -2.16. The predicted octanol–water partition coefficient (Wildman–Crippen LogP) is 2.63. The molecule has 0 aromatic carbocycles. The van der Waals surface area contributed by atoms with Crippen LogP contribution in [0.3, 0.4) is 0 Å². The second-order valence-corrected chi connectivity index (χ2v) is 5.54. The van der Waals surface area contributed by atoms with E-state index < -0.39 is 17.9 Å². The summed E-state index contributed by atoms with van der Waals surface area (Å²) in [5.41, 5.74) is 0.0851. The van der Waals surface area contributed by atoms with Gasteiger partial charge in [-0.1, -0.05) is 38.8 Å². The summed E-state index contributed by atoms with van der Waals surface area (Å²) < 4.78 is 0. The number of aromatic nitrogens is 2. The van der Waals surface area contributed by atoms with Crippen molar-refractivity contribution in [3.05, 3.63) is 22.7 Å². The Morgan fingerprint density at radius 3 is 2.62 bits per heavy atom. The molecule has 0 spiro atoms. The lowest BCUT2D eigenvalue weighted by Crippen LogP contribution is -2.37. The van der Waals surface area contributed by atoms with Crippen molar-refractivity contribution in [1.82, 2.24) is 15.3 Å². The van der Waals surface area contributed by atoms with Gasteiger partial charge in [-0.25, -0.2) is 9.97 Å². The van der Waals surface area contributed by atoms with Crippen LogP contribution < -0.4 is 5.32 Å². The molecule has 0 aliphatic heterocycles. The number of carbonyl (C=O) groups excluding carboxylic acids is 1. The number of hydrogen-bond acceptors (Lipinski definition) is 4. The summed E-state index contributed by atoms with van der Waals surface area (Å²) in [7, 11) is 0. The molecule has 1 aromatic heterocycles. The molecular weight excluding hydrogens is 294 g/mol. The lowest BCUT2D eigenvalue weighted by molar-refractivity contribution is -0.137. The Kier molecular flexibility index (Phi) is 6.55. The minimum atomic E-state index is -0.953.